The Hall–Kier alpha value is -3.29. The molecule has 0 spiro atoms. The Kier molecular flexibility index (Phi) is 5.74. The summed E-state index contributed by atoms with van der Waals surface area (Å²) in [4.78, 5) is 34.9. The normalized spacial score (nSPS) is 14.3. The molecule has 3 aromatic rings. The van der Waals surface area contributed by atoms with E-state index in [1.54, 1.807) is 12.1 Å². The van der Waals surface area contributed by atoms with Crippen molar-refractivity contribution in [3.05, 3.63) is 45.6 Å². The van der Waals surface area contributed by atoms with Gasteiger partial charge in [-0.1, -0.05) is 11.3 Å². The van der Waals surface area contributed by atoms with Crippen LogP contribution in [0.15, 0.2) is 35.2 Å². The van der Waals surface area contributed by atoms with Gasteiger partial charge in [0.1, 0.15) is 22.5 Å². The largest absolute Gasteiger partial charge is 0.481 e. The molecule has 0 unspecified atom stereocenters. The lowest BCUT2D eigenvalue weighted by Gasteiger charge is -2.30. The molecule has 4 rings (SSSR count). The second-order valence-corrected chi connectivity index (χ2v) is 8.56. The van der Waals surface area contributed by atoms with Gasteiger partial charge in [-0.2, -0.15) is 16.6 Å². The first-order valence-electron chi connectivity index (χ1n) is 9.24. The minimum Gasteiger partial charge on any atom is -0.481 e. The van der Waals surface area contributed by atoms with Crippen molar-refractivity contribution in [1.82, 2.24) is 9.97 Å². The molecule has 0 saturated carbocycles. The van der Waals surface area contributed by atoms with Gasteiger partial charge in [-0.15, -0.1) is 0 Å². The first-order chi connectivity index (χ1) is 14.5. The maximum Gasteiger partial charge on any atom is 0.306 e. The number of amides is 1. The van der Waals surface area contributed by atoms with Crippen LogP contribution in [-0.2, 0) is 4.79 Å². The number of thiazole rings is 1. The number of rotatable bonds is 5. The second kappa shape index (κ2) is 8.61. The smallest absolute Gasteiger partial charge is 0.306 e. The number of pyridine rings is 1. The highest BCUT2D eigenvalue weighted by atomic mass is 32.1. The number of aliphatic carboxylic acids is 1. The highest BCUT2D eigenvalue weighted by molar-refractivity contribution is 7.16. The highest BCUT2D eigenvalue weighted by Crippen LogP contribution is 2.32. The van der Waals surface area contributed by atoms with E-state index in [1.165, 1.54) is 17.5 Å². The van der Waals surface area contributed by atoms with Crippen LogP contribution in [0.1, 0.15) is 28.1 Å². The van der Waals surface area contributed by atoms with Gasteiger partial charge in [-0.3, -0.25) is 14.9 Å². The summed E-state index contributed by atoms with van der Waals surface area (Å²) in [7, 11) is 0. The van der Waals surface area contributed by atoms with Gasteiger partial charge in [0.15, 0.2) is 5.13 Å². The Balaban J connectivity index is 1.42. The zero-order valence-corrected chi connectivity index (χ0v) is 17.4. The fourth-order valence-corrected chi connectivity index (χ4v) is 4.70. The van der Waals surface area contributed by atoms with E-state index in [4.69, 9.17) is 5.11 Å². The van der Waals surface area contributed by atoms with E-state index in [1.807, 2.05) is 21.7 Å². The fraction of sp³-hybridized carbons (Fsp3) is 0.250. The monoisotopic (exact) mass is 439 g/mol. The van der Waals surface area contributed by atoms with Gasteiger partial charge < -0.3 is 10.0 Å². The van der Waals surface area contributed by atoms with E-state index in [2.05, 4.69) is 21.4 Å². The number of aromatic nitrogens is 2. The van der Waals surface area contributed by atoms with Crippen molar-refractivity contribution in [3.8, 4) is 17.3 Å². The second-order valence-electron chi connectivity index (χ2n) is 6.78. The topological polar surface area (TPSA) is 119 Å². The summed E-state index contributed by atoms with van der Waals surface area (Å²) < 4.78 is 0. The molecule has 0 aromatic carbocycles. The summed E-state index contributed by atoms with van der Waals surface area (Å²) in [6, 6.07) is 7.45. The Morgan fingerprint density at radius 1 is 1.27 bits per heavy atom. The van der Waals surface area contributed by atoms with Crippen LogP contribution in [0, 0.1) is 17.2 Å². The first-order valence-corrected chi connectivity index (χ1v) is 11.0. The number of hydrogen-bond donors (Lipinski definition) is 2. The molecule has 1 amide bonds. The number of hydrogen-bond acceptors (Lipinski definition) is 8. The van der Waals surface area contributed by atoms with Crippen LogP contribution in [0.4, 0.5) is 10.9 Å². The molecule has 1 aliphatic heterocycles. The molecule has 2 N–H and O–H groups in total. The van der Waals surface area contributed by atoms with Crippen LogP contribution < -0.4 is 10.2 Å². The molecule has 0 aliphatic carbocycles. The van der Waals surface area contributed by atoms with Crippen LogP contribution in [-0.4, -0.2) is 40.0 Å². The predicted molar refractivity (Wildman–Crippen MR) is 115 cm³/mol. The SMILES string of the molecule is N#Cc1sc(NC(=O)c2ccc(N3CCC(C(=O)O)CC3)nc2)nc1-c1ccsc1. The average molecular weight is 440 g/mol. The van der Waals surface area contributed by atoms with Gasteiger partial charge in [0.05, 0.1) is 11.5 Å². The van der Waals surface area contributed by atoms with E-state index in [-0.39, 0.29) is 11.8 Å². The molecule has 4 heterocycles. The van der Waals surface area contributed by atoms with E-state index in [9.17, 15) is 14.9 Å². The Morgan fingerprint density at radius 3 is 2.67 bits per heavy atom. The van der Waals surface area contributed by atoms with Crippen molar-refractivity contribution < 1.29 is 14.7 Å². The van der Waals surface area contributed by atoms with Crippen molar-refractivity contribution in [3.63, 3.8) is 0 Å². The van der Waals surface area contributed by atoms with Gasteiger partial charge >= 0.3 is 5.97 Å². The number of anilines is 2. The van der Waals surface area contributed by atoms with Crippen LogP contribution in [0.25, 0.3) is 11.3 Å². The standard InChI is InChI=1S/C20H17N5O3S2/c21-9-15-17(14-5-8-29-11-14)23-20(30-15)24-18(26)13-1-2-16(22-10-13)25-6-3-12(4-7-25)19(27)28/h1-2,5,8,10-12H,3-4,6-7H2,(H,27,28)(H,23,24,26). The summed E-state index contributed by atoms with van der Waals surface area (Å²) in [5.74, 6) is -0.690. The number of nitriles is 1. The number of nitrogens with zero attached hydrogens (tertiary/aromatic N) is 4. The lowest BCUT2D eigenvalue weighted by Crippen LogP contribution is -2.36. The highest BCUT2D eigenvalue weighted by Gasteiger charge is 2.25. The fourth-order valence-electron chi connectivity index (χ4n) is 3.28. The summed E-state index contributed by atoms with van der Waals surface area (Å²) in [6.07, 6.45) is 2.65. The molecule has 1 aliphatic rings. The van der Waals surface area contributed by atoms with Crippen molar-refractivity contribution in [2.24, 2.45) is 5.92 Å². The van der Waals surface area contributed by atoms with E-state index in [0.29, 0.717) is 47.2 Å². The van der Waals surface area contributed by atoms with Crippen LogP contribution in [0.2, 0.25) is 0 Å². The molecule has 3 aromatic heterocycles. The Morgan fingerprint density at radius 2 is 2.07 bits per heavy atom. The van der Waals surface area contributed by atoms with E-state index >= 15 is 0 Å². The zero-order chi connectivity index (χ0) is 21.1. The molecule has 0 radical (unpaired) electrons. The number of carbonyl (C=O) groups is 2. The zero-order valence-electron chi connectivity index (χ0n) is 15.7. The Bertz CT molecular complexity index is 1090. The molecule has 1 fully saturated rings. The minimum atomic E-state index is -0.751. The summed E-state index contributed by atoms with van der Waals surface area (Å²) in [5.41, 5.74) is 1.80. The van der Waals surface area contributed by atoms with Gasteiger partial charge in [0.25, 0.3) is 5.91 Å². The van der Waals surface area contributed by atoms with Gasteiger partial charge in [-0.05, 0) is 36.4 Å². The molecule has 10 heteroatoms. The summed E-state index contributed by atoms with van der Waals surface area (Å²) >= 11 is 2.65. The van der Waals surface area contributed by atoms with Crippen LogP contribution in [0.5, 0.6) is 0 Å². The van der Waals surface area contributed by atoms with Crippen LogP contribution in [0.3, 0.4) is 0 Å². The maximum atomic E-state index is 12.6. The average Bonchev–Trinajstić information content (AvgIpc) is 3.43. The van der Waals surface area contributed by atoms with E-state index < -0.39 is 5.97 Å². The summed E-state index contributed by atoms with van der Waals surface area (Å²) in [5, 5.41) is 25.4. The van der Waals surface area contributed by atoms with Gasteiger partial charge in [0.2, 0.25) is 0 Å². The summed E-state index contributed by atoms with van der Waals surface area (Å²) in [6.45, 7) is 1.24. The van der Waals surface area contributed by atoms with Crippen molar-refractivity contribution >= 4 is 45.5 Å². The number of carboxylic acids is 1. The quantitative estimate of drug-likeness (QED) is 0.622. The number of thiophene rings is 1. The minimum absolute atomic E-state index is 0.304. The molecule has 8 nitrogen and oxygen atoms in total. The number of carbonyl (C=O) groups excluding carboxylic acids is 1. The molecule has 30 heavy (non-hydrogen) atoms. The number of piperidine rings is 1. The van der Waals surface area contributed by atoms with E-state index in [0.717, 1.165) is 22.7 Å². The predicted octanol–water partition coefficient (Wildman–Crippen LogP) is 3.69. The molecular formula is C20H17N5O3S2. The third kappa shape index (κ3) is 4.17. The van der Waals surface area contributed by atoms with Crippen molar-refractivity contribution in [1.29, 1.82) is 5.26 Å². The van der Waals surface area contributed by atoms with Crippen molar-refractivity contribution in [2.45, 2.75) is 12.8 Å². The Labute approximate surface area is 180 Å². The van der Waals surface area contributed by atoms with Gasteiger partial charge in [-0.25, -0.2) is 9.97 Å². The molecule has 0 bridgehead atoms. The lowest BCUT2D eigenvalue weighted by atomic mass is 9.97. The van der Waals surface area contributed by atoms with Gasteiger partial charge in [0, 0.05) is 30.2 Å². The maximum absolute atomic E-state index is 12.6. The molecule has 152 valence electrons. The molecular weight excluding hydrogens is 422 g/mol. The third-order valence-electron chi connectivity index (χ3n) is 4.92. The molecule has 0 atom stereocenters. The lowest BCUT2D eigenvalue weighted by molar-refractivity contribution is -0.142. The number of nitrogens with one attached hydrogen (secondary N) is 1. The van der Waals surface area contributed by atoms with Crippen molar-refractivity contribution in [2.75, 3.05) is 23.3 Å². The molecule has 1 saturated heterocycles. The number of carboxylic acid groups (broad SMARTS) is 1. The third-order valence-corrected chi connectivity index (χ3v) is 6.48. The first kappa shape index (κ1) is 20.0. The van der Waals surface area contributed by atoms with Crippen LogP contribution >= 0.6 is 22.7 Å².